The number of rotatable bonds is 7. The van der Waals surface area contributed by atoms with Crippen molar-refractivity contribution in [1.82, 2.24) is 5.32 Å². The Morgan fingerprint density at radius 2 is 1.97 bits per heavy atom. The van der Waals surface area contributed by atoms with Gasteiger partial charge in [0, 0.05) is 17.6 Å². The summed E-state index contributed by atoms with van der Waals surface area (Å²) < 4.78 is 14.6. The van der Waals surface area contributed by atoms with Crippen LogP contribution in [0.1, 0.15) is 24.2 Å². The van der Waals surface area contributed by atoms with Crippen LogP contribution in [0.2, 0.25) is 5.02 Å². The van der Waals surface area contributed by atoms with E-state index in [9.17, 15) is 14.7 Å². The molecule has 29 heavy (non-hydrogen) atoms. The number of carbonyl (C=O) groups excluding carboxylic acids is 1. The van der Waals surface area contributed by atoms with Crippen molar-refractivity contribution in [3.05, 3.63) is 58.6 Å². The zero-order chi connectivity index (χ0) is 21.0. The van der Waals surface area contributed by atoms with E-state index < -0.39 is 24.5 Å². The summed E-state index contributed by atoms with van der Waals surface area (Å²) in [7, 11) is 0. The van der Waals surface area contributed by atoms with Crippen LogP contribution in [0.3, 0.4) is 0 Å². The van der Waals surface area contributed by atoms with E-state index >= 15 is 0 Å². The van der Waals surface area contributed by atoms with E-state index in [1.807, 2.05) is 19.1 Å². The number of fused-ring (bicyclic) bond motifs is 1. The molecule has 1 heterocycles. The predicted molar refractivity (Wildman–Crippen MR) is 103 cm³/mol. The molecule has 0 aliphatic carbocycles. The summed E-state index contributed by atoms with van der Waals surface area (Å²) in [4.78, 5) is 22.0. The lowest BCUT2D eigenvalue weighted by atomic mass is 10.1. The van der Waals surface area contributed by atoms with Gasteiger partial charge in [-0.2, -0.15) is 0 Å². The van der Waals surface area contributed by atoms with Crippen LogP contribution in [0.4, 0.5) is 4.79 Å². The smallest absolute Gasteiger partial charge is 0.449 e. The first kappa shape index (κ1) is 20.9. The molecule has 3 atom stereocenters. The third-order valence-corrected chi connectivity index (χ3v) is 4.53. The van der Waals surface area contributed by atoms with Crippen molar-refractivity contribution in [2.75, 3.05) is 6.54 Å². The Hall–Kier alpha value is -2.81. The highest BCUT2D eigenvalue weighted by atomic mass is 35.5. The number of esters is 1. The van der Waals surface area contributed by atoms with Gasteiger partial charge in [0.25, 0.3) is 0 Å². The molecule has 3 N–H and O–H groups in total. The molecule has 0 saturated carbocycles. The number of carbonyl (C=O) groups is 2. The van der Waals surface area contributed by atoms with Crippen LogP contribution in [0.15, 0.2) is 42.5 Å². The van der Waals surface area contributed by atoms with Crippen molar-refractivity contribution >= 4 is 23.7 Å². The summed E-state index contributed by atoms with van der Waals surface area (Å²) in [6.07, 6.45) is -3.23. The van der Waals surface area contributed by atoms with Crippen molar-refractivity contribution in [3.63, 3.8) is 0 Å². The first-order chi connectivity index (χ1) is 13.8. The molecule has 0 saturated heterocycles. The van der Waals surface area contributed by atoms with Gasteiger partial charge in [0.15, 0.2) is 11.5 Å². The topological polar surface area (TPSA) is 114 Å². The van der Waals surface area contributed by atoms with E-state index in [0.29, 0.717) is 29.5 Å². The van der Waals surface area contributed by atoms with Crippen LogP contribution >= 0.6 is 11.6 Å². The number of nitrogens with one attached hydrogen (secondary N) is 1. The Morgan fingerprint density at radius 3 is 2.69 bits per heavy atom. The van der Waals surface area contributed by atoms with Crippen molar-refractivity contribution < 1.29 is 34.0 Å². The Labute approximate surface area is 172 Å². The molecule has 3 unspecified atom stereocenters. The second-order valence-electron chi connectivity index (χ2n) is 6.62. The molecule has 9 heteroatoms. The van der Waals surface area contributed by atoms with Gasteiger partial charge in [0.1, 0.15) is 0 Å². The van der Waals surface area contributed by atoms with E-state index in [1.165, 1.54) is 0 Å². The molecule has 0 fully saturated rings. The highest BCUT2D eigenvalue weighted by molar-refractivity contribution is 6.30. The van der Waals surface area contributed by atoms with Crippen LogP contribution in [-0.4, -0.2) is 41.2 Å². The number of aliphatic hydroxyl groups excluding tert-OH is 1. The van der Waals surface area contributed by atoms with Gasteiger partial charge >= 0.3 is 18.4 Å². The van der Waals surface area contributed by atoms with Crippen LogP contribution in [0, 0.1) is 0 Å². The van der Waals surface area contributed by atoms with Gasteiger partial charge in [-0.25, -0.2) is 9.59 Å². The van der Waals surface area contributed by atoms with Crippen LogP contribution < -0.4 is 14.8 Å². The molecule has 0 amide bonds. The third kappa shape index (κ3) is 5.60. The summed E-state index contributed by atoms with van der Waals surface area (Å²) in [5, 5.41) is 22.6. The number of hydrogen-bond acceptors (Lipinski definition) is 7. The monoisotopic (exact) mass is 421 g/mol. The minimum Gasteiger partial charge on any atom is -0.449 e. The highest BCUT2D eigenvalue weighted by Gasteiger charge is 2.34. The van der Waals surface area contributed by atoms with Gasteiger partial charge in [0.2, 0.25) is 0 Å². The molecule has 2 aromatic rings. The summed E-state index contributed by atoms with van der Waals surface area (Å²) in [6, 6.07) is 12.3. The zero-order valence-corrected chi connectivity index (χ0v) is 16.3. The van der Waals surface area contributed by atoms with Gasteiger partial charge in [-0.3, -0.25) is 0 Å². The van der Waals surface area contributed by atoms with E-state index in [4.69, 9.17) is 26.2 Å². The number of benzene rings is 2. The number of hydrogen-bond donors (Lipinski definition) is 3. The fourth-order valence-corrected chi connectivity index (χ4v) is 3.12. The number of aliphatic hydroxyl groups is 1. The minimum atomic E-state index is -1.72. The van der Waals surface area contributed by atoms with Crippen molar-refractivity contribution in [3.8, 4) is 11.5 Å². The quantitative estimate of drug-likeness (QED) is 0.462. The van der Waals surface area contributed by atoms with Crippen LogP contribution in [0.5, 0.6) is 11.5 Å². The van der Waals surface area contributed by atoms with E-state index in [0.717, 1.165) is 11.1 Å². The first-order valence-electron chi connectivity index (χ1n) is 8.89. The maximum absolute atomic E-state index is 11.6. The van der Waals surface area contributed by atoms with Crippen LogP contribution in [-0.2, 0) is 16.0 Å². The fourth-order valence-electron chi connectivity index (χ4n) is 2.92. The Balaban J connectivity index is 1.53. The molecule has 8 nitrogen and oxygen atoms in total. The minimum absolute atomic E-state index is 0.0389. The van der Waals surface area contributed by atoms with Crippen molar-refractivity contribution in [2.45, 2.75) is 31.8 Å². The molecule has 2 aromatic carbocycles. The van der Waals surface area contributed by atoms with Crippen LogP contribution in [0.25, 0.3) is 0 Å². The molecule has 3 rings (SSSR count). The molecule has 0 spiro atoms. The molecule has 1 aliphatic rings. The van der Waals surface area contributed by atoms with E-state index in [-0.39, 0.29) is 6.04 Å². The highest BCUT2D eigenvalue weighted by Crippen LogP contribution is 2.36. The SMILES string of the molecule is CC(Cc1ccc2c(c1)OC(C(=O)OC(=O)O)O2)NCC(O)c1cccc(Cl)c1. The standard InChI is InChI=1S/C20H20ClNO7/c1-11(22-10-15(23)13-3-2-4-14(21)9-13)7-12-5-6-16-17(8-12)28-19(27-16)18(24)29-20(25)26/h2-6,8-9,11,15,19,22-23H,7,10H2,1H3,(H,25,26). The average molecular weight is 422 g/mol. The zero-order valence-electron chi connectivity index (χ0n) is 15.5. The molecule has 1 aliphatic heterocycles. The van der Waals surface area contributed by atoms with Crippen molar-refractivity contribution in [1.29, 1.82) is 0 Å². The number of carboxylic acid groups (broad SMARTS) is 1. The van der Waals surface area contributed by atoms with Gasteiger partial charge < -0.3 is 29.7 Å². The molecule has 0 radical (unpaired) electrons. The van der Waals surface area contributed by atoms with E-state index in [1.54, 1.807) is 30.3 Å². The largest absolute Gasteiger partial charge is 0.513 e. The fraction of sp³-hybridized carbons (Fsp3) is 0.300. The second kappa shape index (κ2) is 9.13. The van der Waals surface area contributed by atoms with Gasteiger partial charge in [-0.1, -0.05) is 29.8 Å². The molecule has 0 bridgehead atoms. The lowest BCUT2D eigenvalue weighted by molar-refractivity contribution is -0.156. The molecular weight excluding hydrogens is 402 g/mol. The maximum atomic E-state index is 11.6. The normalized spacial score (nSPS) is 16.9. The van der Waals surface area contributed by atoms with Gasteiger partial charge in [-0.15, -0.1) is 0 Å². The lowest BCUT2D eigenvalue weighted by Gasteiger charge is -2.18. The summed E-state index contributed by atoms with van der Waals surface area (Å²) in [5.74, 6) is -0.473. The maximum Gasteiger partial charge on any atom is 0.513 e. The van der Waals surface area contributed by atoms with E-state index in [2.05, 4.69) is 10.1 Å². The summed E-state index contributed by atoms with van der Waals surface area (Å²) in [5.41, 5.74) is 1.65. The Morgan fingerprint density at radius 1 is 1.21 bits per heavy atom. The first-order valence-corrected chi connectivity index (χ1v) is 9.27. The Kier molecular flexibility index (Phi) is 6.58. The third-order valence-electron chi connectivity index (χ3n) is 4.29. The molecular formula is C20H20ClNO7. The predicted octanol–water partition coefficient (Wildman–Crippen LogP) is 2.91. The molecule has 0 aromatic heterocycles. The van der Waals surface area contributed by atoms with Crippen molar-refractivity contribution in [2.24, 2.45) is 0 Å². The second-order valence-corrected chi connectivity index (χ2v) is 7.06. The van der Waals surface area contributed by atoms with Gasteiger partial charge in [0.05, 0.1) is 6.10 Å². The number of halogens is 1. The van der Waals surface area contributed by atoms with Gasteiger partial charge in [-0.05, 0) is 48.7 Å². The summed E-state index contributed by atoms with van der Waals surface area (Å²) in [6.45, 7) is 2.33. The molecule has 154 valence electrons. The average Bonchev–Trinajstić information content (AvgIpc) is 3.09. The lowest BCUT2D eigenvalue weighted by Crippen LogP contribution is -2.32. The number of ether oxygens (including phenoxy) is 3. The Bertz CT molecular complexity index is 904. The summed E-state index contributed by atoms with van der Waals surface area (Å²) >= 11 is 5.95.